The smallest absolute Gasteiger partial charge is 0.265 e. The van der Waals surface area contributed by atoms with Gasteiger partial charge >= 0.3 is 0 Å². The highest BCUT2D eigenvalue weighted by molar-refractivity contribution is 7.89. The maximum atomic E-state index is 13.3. The number of halogens is 1. The first-order valence-corrected chi connectivity index (χ1v) is 12.6. The molecule has 33 heavy (non-hydrogen) atoms. The third kappa shape index (κ3) is 4.71. The predicted octanol–water partition coefficient (Wildman–Crippen LogP) is 3.72. The summed E-state index contributed by atoms with van der Waals surface area (Å²) in [6, 6.07) is 8.49. The van der Waals surface area contributed by atoms with Crippen LogP contribution in [0.2, 0.25) is 5.02 Å². The Balaban J connectivity index is 1.45. The Morgan fingerprint density at radius 1 is 1.18 bits per heavy atom. The number of aryl methyl sites for hydroxylation is 2. The minimum absolute atomic E-state index is 0.138. The quantitative estimate of drug-likeness (QED) is 0.678. The summed E-state index contributed by atoms with van der Waals surface area (Å²) in [4.78, 5) is 24.7. The molecular formula is C23H26ClN3O5S. The number of hydrogen-bond donors (Lipinski definition) is 2. The fraction of sp³-hybridized carbons (Fsp3) is 0.391. The lowest BCUT2D eigenvalue weighted by molar-refractivity contribution is -0.123. The third-order valence-corrected chi connectivity index (χ3v) is 8.39. The molecule has 10 heteroatoms. The number of amides is 2. The summed E-state index contributed by atoms with van der Waals surface area (Å²) in [5, 5.41) is 6.05. The molecule has 0 saturated carbocycles. The second-order valence-corrected chi connectivity index (χ2v) is 10.8. The van der Waals surface area contributed by atoms with Crippen molar-refractivity contribution in [3.63, 3.8) is 0 Å². The lowest BCUT2D eigenvalue weighted by atomic mass is 9.97. The highest BCUT2D eigenvalue weighted by Crippen LogP contribution is 2.36. The summed E-state index contributed by atoms with van der Waals surface area (Å²) in [5.74, 6) is -0.418. The Morgan fingerprint density at radius 3 is 2.55 bits per heavy atom. The molecule has 2 heterocycles. The molecule has 2 aliphatic heterocycles. The first-order valence-electron chi connectivity index (χ1n) is 10.8. The van der Waals surface area contributed by atoms with E-state index in [9.17, 15) is 18.0 Å². The van der Waals surface area contributed by atoms with E-state index in [0.29, 0.717) is 40.6 Å². The van der Waals surface area contributed by atoms with Gasteiger partial charge in [-0.15, -0.1) is 0 Å². The SMILES string of the molecule is Cc1ccc(NC(=O)C2CCN(S(=O)(=O)c3cc4c(cc3C)NC(=O)[C@@H](C)O4)CC2)c(Cl)c1. The van der Waals surface area contributed by atoms with Gasteiger partial charge in [0.05, 0.1) is 21.3 Å². The van der Waals surface area contributed by atoms with Crippen molar-refractivity contribution >= 4 is 44.8 Å². The Bertz CT molecular complexity index is 1220. The van der Waals surface area contributed by atoms with Gasteiger partial charge in [0.15, 0.2) is 6.10 Å². The van der Waals surface area contributed by atoms with Crippen LogP contribution in [0.4, 0.5) is 11.4 Å². The van der Waals surface area contributed by atoms with Crippen LogP contribution in [-0.2, 0) is 19.6 Å². The summed E-state index contributed by atoms with van der Waals surface area (Å²) in [5.41, 5.74) is 2.52. The van der Waals surface area contributed by atoms with Crippen LogP contribution < -0.4 is 15.4 Å². The van der Waals surface area contributed by atoms with Crippen LogP contribution in [0.15, 0.2) is 35.2 Å². The molecule has 0 bridgehead atoms. The van der Waals surface area contributed by atoms with Gasteiger partial charge in [-0.05, 0) is 62.9 Å². The van der Waals surface area contributed by atoms with Crippen molar-refractivity contribution in [3.8, 4) is 5.75 Å². The van der Waals surface area contributed by atoms with E-state index in [1.807, 2.05) is 13.0 Å². The van der Waals surface area contributed by atoms with Gasteiger partial charge in [0.2, 0.25) is 15.9 Å². The van der Waals surface area contributed by atoms with Gasteiger partial charge in [0, 0.05) is 25.1 Å². The number of hydrogen-bond acceptors (Lipinski definition) is 5. The zero-order valence-corrected chi connectivity index (χ0v) is 20.2. The topological polar surface area (TPSA) is 105 Å². The van der Waals surface area contributed by atoms with Crippen molar-refractivity contribution in [2.75, 3.05) is 23.7 Å². The molecule has 1 atom stereocenters. The highest BCUT2D eigenvalue weighted by atomic mass is 35.5. The van der Waals surface area contributed by atoms with Crippen LogP contribution in [0.5, 0.6) is 5.75 Å². The van der Waals surface area contributed by atoms with E-state index in [0.717, 1.165) is 5.56 Å². The number of carbonyl (C=O) groups is 2. The van der Waals surface area contributed by atoms with Crippen LogP contribution in [0.1, 0.15) is 30.9 Å². The first kappa shape index (κ1) is 23.5. The van der Waals surface area contributed by atoms with Gasteiger partial charge < -0.3 is 15.4 Å². The standard InChI is InChI=1S/C23H26ClN3O5S/c1-13-4-5-18(17(24)10-13)25-23(29)16-6-8-27(9-7-16)33(30,31)21-12-20-19(11-14(21)2)26-22(28)15(3)32-20/h4-5,10-12,15-16H,6-9H2,1-3H3,(H,25,29)(H,26,28)/t15-/m1/s1. The summed E-state index contributed by atoms with van der Waals surface area (Å²) in [6.45, 7) is 5.66. The van der Waals surface area contributed by atoms with Gasteiger partial charge in [-0.2, -0.15) is 4.31 Å². The Labute approximate surface area is 198 Å². The second kappa shape index (κ2) is 8.96. The molecule has 0 aliphatic carbocycles. The molecule has 2 aliphatic rings. The molecule has 0 aromatic heterocycles. The largest absolute Gasteiger partial charge is 0.479 e. The number of anilines is 2. The summed E-state index contributed by atoms with van der Waals surface area (Å²) < 4.78 is 33.7. The van der Waals surface area contributed by atoms with Crippen molar-refractivity contribution in [1.29, 1.82) is 0 Å². The number of nitrogens with one attached hydrogen (secondary N) is 2. The van der Waals surface area contributed by atoms with Crippen molar-refractivity contribution in [1.82, 2.24) is 4.31 Å². The van der Waals surface area contributed by atoms with Crippen LogP contribution in [0.25, 0.3) is 0 Å². The van der Waals surface area contributed by atoms with Crippen LogP contribution in [0.3, 0.4) is 0 Å². The van der Waals surface area contributed by atoms with E-state index in [2.05, 4.69) is 10.6 Å². The third-order valence-electron chi connectivity index (χ3n) is 6.03. The summed E-state index contributed by atoms with van der Waals surface area (Å²) >= 11 is 6.21. The van der Waals surface area contributed by atoms with Gasteiger partial charge in [0.25, 0.3) is 5.91 Å². The Kier molecular flexibility index (Phi) is 6.39. The zero-order chi connectivity index (χ0) is 23.9. The van der Waals surface area contributed by atoms with Crippen LogP contribution in [-0.4, -0.2) is 43.7 Å². The van der Waals surface area contributed by atoms with Crippen molar-refractivity contribution in [2.45, 2.75) is 44.6 Å². The maximum absolute atomic E-state index is 13.3. The molecule has 0 radical (unpaired) electrons. The van der Waals surface area contributed by atoms with E-state index in [4.69, 9.17) is 16.3 Å². The van der Waals surface area contributed by atoms with Crippen LogP contribution in [0, 0.1) is 19.8 Å². The minimum Gasteiger partial charge on any atom is -0.479 e. The molecule has 4 rings (SSSR count). The number of sulfonamides is 1. The average molecular weight is 492 g/mol. The molecule has 8 nitrogen and oxygen atoms in total. The van der Waals surface area contributed by atoms with Gasteiger partial charge in [0.1, 0.15) is 5.75 Å². The molecule has 1 saturated heterocycles. The van der Waals surface area contributed by atoms with Crippen molar-refractivity contribution < 1.29 is 22.7 Å². The van der Waals surface area contributed by atoms with E-state index < -0.39 is 16.1 Å². The normalized spacial score (nSPS) is 19.4. The maximum Gasteiger partial charge on any atom is 0.265 e. The average Bonchev–Trinajstić information content (AvgIpc) is 2.76. The lowest BCUT2D eigenvalue weighted by Crippen LogP contribution is -2.41. The zero-order valence-electron chi connectivity index (χ0n) is 18.6. The van der Waals surface area contributed by atoms with Crippen LogP contribution >= 0.6 is 11.6 Å². The Hall–Kier alpha value is -2.62. The fourth-order valence-electron chi connectivity index (χ4n) is 4.07. The highest BCUT2D eigenvalue weighted by Gasteiger charge is 2.34. The van der Waals surface area contributed by atoms with Gasteiger partial charge in [-0.1, -0.05) is 17.7 Å². The number of fused-ring (bicyclic) bond motifs is 1. The molecule has 2 N–H and O–H groups in total. The summed E-state index contributed by atoms with van der Waals surface area (Å²) in [6.07, 6.45) is 0.108. The molecule has 0 spiro atoms. The Morgan fingerprint density at radius 2 is 1.88 bits per heavy atom. The van der Waals surface area contributed by atoms with Gasteiger partial charge in [-0.3, -0.25) is 9.59 Å². The number of ether oxygens (including phenoxy) is 1. The minimum atomic E-state index is -3.79. The molecular weight excluding hydrogens is 466 g/mol. The van der Waals surface area contributed by atoms with Crippen molar-refractivity contribution in [2.24, 2.45) is 5.92 Å². The number of benzene rings is 2. The molecule has 2 amide bonds. The molecule has 2 aromatic carbocycles. The number of piperidine rings is 1. The number of nitrogens with zero attached hydrogens (tertiary/aromatic N) is 1. The predicted molar refractivity (Wildman–Crippen MR) is 126 cm³/mol. The summed E-state index contributed by atoms with van der Waals surface area (Å²) in [7, 11) is -3.79. The molecule has 2 aromatic rings. The van der Waals surface area contributed by atoms with Gasteiger partial charge in [-0.25, -0.2) is 8.42 Å². The molecule has 0 unspecified atom stereocenters. The molecule has 176 valence electrons. The van der Waals surface area contributed by atoms with E-state index in [-0.39, 0.29) is 35.7 Å². The van der Waals surface area contributed by atoms with E-state index >= 15 is 0 Å². The monoisotopic (exact) mass is 491 g/mol. The fourth-order valence-corrected chi connectivity index (χ4v) is 6.05. The number of carbonyl (C=O) groups excluding carboxylic acids is 2. The number of rotatable bonds is 4. The molecule has 1 fully saturated rings. The van der Waals surface area contributed by atoms with E-state index in [1.165, 1.54) is 10.4 Å². The second-order valence-electron chi connectivity index (χ2n) is 8.51. The van der Waals surface area contributed by atoms with Crippen molar-refractivity contribution in [3.05, 3.63) is 46.5 Å². The van der Waals surface area contributed by atoms with E-state index in [1.54, 1.807) is 32.0 Å². The lowest BCUT2D eigenvalue weighted by Gasteiger charge is -2.31. The first-order chi connectivity index (χ1) is 15.6.